The van der Waals surface area contributed by atoms with Crippen LogP contribution in [0.15, 0.2) is 0 Å². The average molecular weight is 1210 g/mol. The number of carbonyl (C=O) groups excluding carboxylic acids is 8. The molecule has 0 aromatic rings. The summed E-state index contributed by atoms with van der Waals surface area (Å²) in [5, 5.41) is 10.4. The maximum atomic E-state index is 14.5. The van der Waals surface area contributed by atoms with Crippen LogP contribution in [-0.2, 0) is 71.7 Å². The van der Waals surface area contributed by atoms with Crippen LogP contribution < -0.4 is 5.48 Å². The Kier molecular flexibility index (Phi) is 49.1. The van der Waals surface area contributed by atoms with Crippen LogP contribution >= 0.6 is 11.8 Å². The normalized spacial score (nSPS) is 14.6. The van der Waals surface area contributed by atoms with Gasteiger partial charge in [0.25, 0.3) is 0 Å². The van der Waals surface area contributed by atoms with Gasteiger partial charge in [0, 0.05) is 45.1 Å². The van der Waals surface area contributed by atoms with Crippen molar-refractivity contribution in [3.8, 4) is 0 Å². The van der Waals surface area contributed by atoms with Gasteiger partial charge < -0.3 is 28.8 Å². The summed E-state index contributed by atoms with van der Waals surface area (Å²) >= 11 is 1.29. The Balaban J connectivity index is 3.57. The number of esters is 5. The quantitative estimate of drug-likeness (QED) is 0.0189. The molecule has 0 aromatic carbocycles. The summed E-state index contributed by atoms with van der Waals surface area (Å²) in [6.07, 6.45) is 26.7. The van der Waals surface area contributed by atoms with Crippen LogP contribution in [0.1, 0.15) is 304 Å². The van der Waals surface area contributed by atoms with Crippen molar-refractivity contribution in [1.82, 2.24) is 10.4 Å². The molecule has 1 saturated heterocycles. The Hall–Kier alpha value is -4.26. The second kappa shape index (κ2) is 53.0. The molecule has 1 unspecified atom stereocenters. The molecule has 3 amide bonds. The molecule has 1 heterocycles. The fourth-order valence-electron chi connectivity index (χ4n) is 10.2. The predicted octanol–water partition coefficient (Wildman–Crippen LogP) is 14.3. The third-order valence-corrected chi connectivity index (χ3v) is 16.2. The lowest BCUT2D eigenvalue weighted by molar-refractivity contribution is -0.210. The first kappa shape index (κ1) is 77.8. The number of hydrogen-bond donors (Lipinski definition) is 2. The molecule has 1 rings (SSSR count). The molecule has 0 saturated carbocycles. The number of aliphatic carboxylic acids is 1. The number of hydroxylamine groups is 1. The van der Waals surface area contributed by atoms with Gasteiger partial charge >= 0.3 is 35.8 Å². The van der Waals surface area contributed by atoms with Crippen LogP contribution in [0.4, 0.5) is 0 Å². The number of carbonyl (C=O) groups is 9. The molecule has 19 heteroatoms. The van der Waals surface area contributed by atoms with Crippen molar-refractivity contribution in [2.45, 2.75) is 333 Å². The number of thioether (sulfide) groups is 1. The van der Waals surface area contributed by atoms with Gasteiger partial charge in [0.2, 0.25) is 29.9 Å². The van der Waals surface area contributed by atoms with Gasteiger partial charge in [0.05, 0.1) is 5.25 Å². The van der Waals surface area contributed by atoms with Crippen molar-refractivity contribution in [1.29, 1.82) is 0 Å². The minimum Gasteiger partial charge on any atom is -0.478 e. The Bertz CT molecular complexity index is 1800. The highest BCUT2D eigenvalue weighted by Crippen LogP contribution is 2.26. The Morgan fingerprint density at radius 1 is 0.464 bits per heavy atom. The van der Waals surface area contributed by atoms with Gasteiger partial charge in [-0.05, 0) is 38.4 Å². The Labute approximate surface area is 509 Å². The fraction of sp³-hybridized carbons (Fsp3) is 0.862. The minimum atomic E-state index is -2.31. The maximum Gasteiger partial charge on any atom is 0.351 e. The molecule has 0 spiro atoms. The van der Waals surface area contributed by atoms with E-state index in [1.54, 1.807) is 6.26 Å². The van der Waals surface area contributed by atoms with Crippen molar-refractivity contribution in [2.75, 3.05) is 26.0 Å². The molecule has 0 aliphatic carbocycles. The number of ether oxygens (including phenoxy) is 5. The number of rotatable bonds is 58. The van der Waals surface area contributed by atoms with E-state index in [0.717, 1.165) is 153 Å². The summed E-state index contributed by atoms with van der Waals surface area (Å²) in [6, 6.07) is 0. The standard InChI is InChI=1S/C65H114N2O16S/c1-6-10-14-18-22-26-30-34-38-44-55(70)80-59(61(64(75)76)82-57(72)46-40-36-32-28-24-20-16-12-8-3)60(81-56(71)45-39-35-31-27-23-19-15-11-7-2)62(83-58(73)47-41-37-33-29-25-21-17-13-9-4)65(77)78-49-50-79-66-53(68)43-42-48-67-54(69)51-52(84-5)63(67)74/h52,59-62H,6-51H2,1-5H3,(H,66,68)(H,75,76)/t52?,59-,60+,61-,62+/m1/s1. The molecule has 0 bridgehead atoms. The first-order valence-electron chi connectivity index (χ1n) is 33.2. The SMILES string of the molecule is CCCCCCCCCCCC(=O)O[C@H]([C@H](OC(=O)CCCCCCCCCCC)[C@H](OC(=O)CCCCCCCCCCC)C(=O)OCCONC(=O)CCCN1C(=O)CC(SC)C1=O)[C@@H](OC(=O)CCCCCCCCCCC)C(=O)O. The van der Waals surface area contributed by atoms with Crippen LogP contribution in [0.2, 0.25) is 0 Å². The minimum absolute atomic E-state index is 0.0563. The van der Waals surface area contributed by atoms with E-state index in [4.69, 9.17) is 28.5 Å². The summed E-state index contributed by atoms with van der Waals surface area (Å²) in [6.45, 7) is 7.71. The summed E-state index contributed by atoms with van der Waals surface area (Å²) < 4.78 is 29.0. The molecule has 1 aliphatic rings. The molecule has 0 aromatic heterocycles. The van der Waals surface area contributed by atoms with Gasteiger partial charge in [-0.3, -0.25) is 43.3 Å². The average Bonchev–Trinajstić information content (AvgIpc) is 3.35. The summed E-state index contributed by atoms with van der Waals surface area (Å²) in [5.41, 5.74) is 2.24. The Morgan fingerprint density at radius 3 is 1.14 bits per heavy atom. The molecule has 486 valence electrons. The Morgan fingerprint density at radius 2 is 0.798 bits per heavy atom. The second-order valence-electron chi connectivity index (χ2n) is 22.8. The van der Waals surface area contributed by atoms with E-state index in [0.29, 0.717) is 51.4 Å². The lowest BCUT2D eigenvalue weighted by Gasteiger charge is -2.34. The highest BCUT2D eigenvalue weighted by atomic mass is 32.2. The van der Waals surface area contributed by atoms with E-state index in [1.165, 1.54) is 43.9 Å². The molecule has 5 atom stereocenters. The molecule has 2 N–H and O–H groups in total. The van der Waals surface area contributed by atoms with E-state index < -0.39 is 84.6 Å². The number of nitrogens with zero attached hydrogens (tertiary/aromatic N) is 1. The molecule has 18 nitrogen and oxygen atoms in total. The largest absolute Gasteiger partial charge is 0.478 e. The number of hydrogen-bond acceptors (Lipinski definition) is 16. The van der Waals surface area contributed by atoms with Gasteiger partial charge in [0.1, 0.15) is 13.2 Å². The van der Waals surface area contributed by atoms with Crippen LogP contribution in [0, 0.1) is 0 Å². The number of unbranched alkanes of at least 4 members (excludes halogenated alkanes) is 32. The number of nitrogens with one attached hydrogen (secondary N) is 1. The molecule has 0 radical (unpaired) electrons. The van der Waals surface area contributed by atoms with Crippen molar-refractivity contribution in [2.24, 2.45) is 0 Å². The smallest absolute Gasteiger partial charge is 0.351 e. The van der Waals surface area contributed by atoms with Crippen molar-refractivity contribution < 1.29 is 76.8 Å². The van der Waals surface area contributed by atoms with Gasteiger partial charge in [-0.2, -0.15) is 11.8 Å². The maximum absolute atomic E-state index is 14.5. The van der Waals surface area contributed by atoms with Gasteiger partial charge in [0.15, 0.2) is 12.2 Å². The highest BCUT2D eigenvalue weighted by Gasteiger charge is 2.50. The van der Waals surface area contributed by atoms with Crippen LogP contribution in [0.25, 0.3) is 0 Å². The third kappa shape index (κ3) is 39.4. The molecule has 1 aliphatic heterocycles. The number of amides is 3. The van der Waals surface area contributed by atoms with E-state index >= 15 is 0 Å². The summed E-state index contributed by atoms with van der Waals surface area (Å²) in [4.78, 5) is 127. The second-order valence-corrected chi connectivity index (χ2v) is 23.9. The van der Waals surface area contributed by atoms with E-state index in [2.05, 4.69) is 33.2 Å². The topological polar surface area (TPSA) is 245 Å². The zero-order chi connectivity index (χ0) is 61.8. The van der Waals surface area contributed by atoms with E-state index in [1.807, 2.05) is 0 Å². The van der Waals surface area contributed by atoms with Crippen LogP contribution in [0.3, 0.4) is 0 Å². The molecular weight excluding hydrogens is 1100 g/mol. The number of carboxylic acids is 1. The predicted molar refractivity (Wildman–Crippen MR) is 327 cm³/mol. The van der Waals surface area contributed by atoms with E-state index in [-0.39, 0.29) is 63.3 Å². The van der Waals surface area contributed by atoms with Crippen molar-refractivity contribution in [3.63, 3.8) is 0 Å². The third-order valence-electron chi connectivity index (χ3n) is 15.3. The first-order chi connectivity index (χ1) is 40.7. The zero-order valence-corrected chi connectivity index (χ0v) is 53.7. The number of imide groups is 1. The monoisotopic (exact) mass is 1210 g/mol. The van der Waals surface area contributed by atoms with E-state index in [9.17, 15) is 48.3 Å². The summed E-state index contributed by atoms with van der Waals surface area (Å²) in [5.74, 6) is -7.83. The summed E-state index contributed by atoms with van der Waals surface area (Å²) in [7, 11) is 0. The van der Waals surface area contributed by atoms with Gasteiger partial charge in [-0.25, -0.2) is 15.1 Å². The van der Waals surface area contributed by atoms with Gasteiger partial charge in [-0.15, -0.1) is 0 Å². The van der Waals surface area contributed by atoms with Crippen molar-refractivity contribution in [3.05, 3.63) is 0 Å². The lowest BCUT2D eigenvalue weighted by Crippen LogP contribution is -2.56. The van der Waals surface area contributed by atoms with Crippen LogP contribution in [-0.4, -0.2) is 119 Å². The molecule has 1 fully saturated rings. The number of likely N-dealkylation sites (tertiary alicyclic amines) is 1. The zero-order valence-electron chi connectivity index (χ0n) is 52.8. The highest BCUT2D eigenvalue weighted by molar-refractivity contribution is 8.00. The first-order valence-corrected chi connectivity index (χ1v) is 34.5. The van der Waals surface area contributed by atoms with Crippen LogP contribution in [0.5, 0.6) is 0 Å². The molecular formula is C65H114N2O16S. The lowest BCUT2D eigenvalue weighted by atomic mass is 10.0. The van der Waals surface area contributed by atoms with Gasteiger partial charge in [-0.1, -0.05) is 233 Å². The van der Waals surface area contributed by atoms with Crippen molar-refractivity contribution >= 4 is 65.3 Å². The fourth-order valence-corrected chi connectivity index (χ4v) is 10.8. The number of carboxylic acid groups (broad SMARTS) is 1. The molecule has 84 heavy (non-hydrogen) atoms.